The number of carbonyl (C=O) groups is 1. The van der Waals surface area contributed by atoms with E-state index in [0.717, 1.165) is 17.2 Å². The summed E-state index contributed by atoms with van der Waals surface area (Å²) in [7, 11) is 0. The van der Waals surface area contributed by atoms with E-state index in [1.165, 1.54) is 24.1 Å². The first-order chi connectivity index (χ1) is 17.7. The van der Waals surface area contributed by atoms with Crippen molar-refractivity contribution in [2.24, 2.45) is 5.73 Å². The number of anilines is 1. The average molecular weight is 566 g/mol. The highest BCUT2D eigenvalue weighted by molar-refractivity contribution is 8.00. The topological polar surface area (TPSA) is 61.6 Å². The number of rotatable bonds is 10. The summed E-state index contributed by atoms with van der Waals surface area (Å²) in [5.74, 6) is -0.998. The van der Waals surface area contributed by atoms with Gasteiger partial charge >= 0.3 is 0 Å². The number of hydrogen-bond donors (Lipinski definition) is 2. The highest BCUT2D eigenvalue weighted by atomic mass is 35.5. The number of likely N-dealkylation sites (tertiary alicyclic amines) is 1. The Hall–Kier alpha value is -2.36. The molecule has 0 spiro atoms. The lowest BCUT2D eigenvalue weighted by atomic mass is 9.93. The van der Waals surface area contributed by atoms with E-state index in [1.54, 1.807) is 6.92 Å². The third-order valence-corrected chi connectivity index (χ3v) is 7.78. The highest BCUT2D eigenvalue weighted by Gasteiger charge is 2.38. The Morgan fingerprint density at radius 3 is 2.03 bits per heavy atom. The Morgan fingerprint density at radius 1 is 1.03 bits per heavy atom. The zero-order valence-electron chi connectivity index (χ0n) is 20.2. The van der Waals surface area contributed by atoms with Crippen molar-refractivity contribution in [3.05, 3.63) is 99.5 Å². The van der Waals surface area contributed by atoms with Crippen molar-refractivity contribution in [3.63, 3.8) is 0 Å². The second-order valence-electron chi connectivity index (χ2n) is 8.98. The molecule has 0 aliphatic carbocycles. The zero-order valence-corrected chi connectivity index (χ0v) is 22.5. The molecule has 4 rings (SSSR count). The molecule has 1 aliphatic heterocycles. The van der Waals surface area contributed by atoms with E-state index in [2.05, 4.69) is 10.2 Å². The minimum absolute atomic E-state index is 0.00238. The Morgan fingerprint density at radius 2 is 1.54 bits per heavy atom. The molecular weight excluding hydrogens is 537 g/mol. The van der Waals surface area contributed by atoms with Crippen molar-refractivity contribution in [1.82, 2.24) is 10.2 Å². The fourth-order valence-corrected chi connectivity index (χ4v) is 5.53. The molecule has 0 unspecified atom stereocenters. The number of halogens is 4. The summed E-state index contributed by atoms with van der Waals surface area (Å²) in [6, 6.07) is 18.4. The summed E-state index contributed by atoms with van der Waals surface area (Å²) >= 11 is 13.7. The first-order valence-corrected chi connectivity index (χ1v) is 13.6. The Labute approximate surface area is 230 Å². The van der Waals surface area contributed by atoms with Crippen molar-refractivity contribution in [2.45, 2.75) is 25.0 Å². The van der Waals surface area contributed by atoms with E-state index in [9.17, 15) is 13.6 Å². The second kappa shape index (κ2) is 12.5. The van der Waals surface area contributed by atoms with E-state index in [4.69, 9.17) is 28.9 Å². The van der Waals surface area contributed by atoms with Gasteiger partial charge in [-0.3, -0.25) is 9.69 Å². The Bertz CT molecular complexity index is 1140. The lowest BCUT2D eigenvalue weighted by Gasteiger charge is -2.49. The van der Waals surface area contributed by atoms with Gasteiger partial charge in [0.05, 0.1) is 23.8 Å². The van der Waals surface area contributed by atoms with Gasteiger partial charge in [0.2, 0.25) is 5.91 Å². The standard InChI is InChI=1S/C27H28Cl2F2N4OS/c1-17(32)27(36)33-10-11-37-35(24-13-22(30)12-23(31)14-24)25-15-34(16-25)26(18-2-6-20(28)7-3-18)19-4-8-21(29)9-5-19/h2-9,12-14,17,25-26H,10-11,15-16,32H2,1H3,(H,33,36)/t17-/m1/s1. The van der Waals surface area contributed by atoms with E-state index < -0.39 is 17.7 Å². The summed E-state index contributed by atoms with van der Waals surface area (Å²) in [4.78, 5) is 14.1. The monoisotopic (exact) mass is 564 g/mol. The molecule has 0 aromatic heterocycles. The fourth-order valence-electron chi connectivity index (χ4n) is 4.29. The van der Waals surface area contributed by atoms with Crippen LogP contribution in [0.2, 0.25) is 10.0 Å². The molecule has 1 atom stereocenters. The van der Waals surface area contributed by atoms with Crippen LogP contribution in [-0.4, -0.2) is 48.3 Å². The molecule has 10 heteroatoms. The van der Waals surface area contributed by atoms with Crippen molar-refractivity contribution in [1.29, 1.82) is 0 Å². The molecular formula is C27H28Cl2F2N4OS. The normalized spacial score (nSPS) is 14.9. The van der Waals surface area contributed by atoms with Gasteiger partial charge in [0, 0.05) is 41.5 Å². The molecule has 1 fully saturated rings. The molecule has 1 amide bonds. The number of hydrogen-bond acceptors (Lipinski definition) is 5. The van der Waals surface area contributed by atoms with Crippen LogP contribution in [0.1, 0.15) is 24.1 Å². The SMILES string of the molecule is C[C@@H](N)C(=O)NCCSN(c1cc(F)cc(F)c1)C1CN(C(c2ccc(Cl)cc2)c2ccc(Cl)cc2)C1. The zero-order chi connectivity index (χ0) is 26.5. The number of amides is 1. The maximum atomic E-state index is 14.1. The van der Waals surface area contributed by atoms with Crippen LogP contribution in [0.3, 0.4) is 0 Å². The molecule has 1 saturated heterocycles. The van der Waals surface area contributed by atoms with Crippen LogP contribution >= 0.6 is 35.1 Å². The smallest absolute Gasteiger partial charge is 0.236 e. The largest absolute Gasteiger partial charge is 0.354 e. The van der Waals surface area contributed by atoms with Crippen LogP contribution in [0.4, 0.5) is 14.5 Å². The number of nitrogens with two attached hydrogens (primary N) is 1. The maximum Gasteiger partial charge on any atom is 0.236 e. The van der Waals surface area contributed by atoms with Gasteiger partial charge < -0.3 is 15.4 Å². The molecule has 1 heterocycles. The lowest BCUT2D eigenvalue weighted by molar-refractivity contribution is -0.121. The predicted octanol–water partition coefficient (Wildman–Crippen LogP) is 5.66. The minimum Gasteiger partial charge on any atom is -0.354 e. The van der Waals surface area contributed by atoms with E-state index in [-0.39, 0.29) is 18.0 Å². The molecule has 0 bridgehead atoms. The number of nitrogens with one attached hydrogen (secondary N) is 1. The van der Waals surface area contributed by atoms with Crippen LogP contribution in [0.25, 0.3) is 0 Å². The van der Waals surface area contributed by atoms with Crippen LogP contribution < -0.4 is 15.4 Å². The van der Waals surface area contributed by atoms with Crippen molar-refractivity contribution < 1.29 is 13.6 Å². The van der Waals surface area contributed by atoms with Gasteiger partial charge in [-0.05, 0) is 66.4 Å². The molecule has 1 aliphatic rings. The van der Waals surface area contributed by atoms with Crippen molar-refractivity contribution in [2.75, 3.05) is 29.7 Å². The summed E-state index contributed by atoms with van der Waals surface area (Å²) in [6.07, 6.45) is 0. The summed E-state index contributed by atoms with van der Waals surface area (Å²) in [5, 5.41) is 4.09. The second-order valence-corrected chi connectivity index (χ2v) is 10.9. The molecule has 0 saturated carbocycles. The lowest BCUT2D eigenvalue weighted by Crippen LogP contribution is -2.59. The van der Waals surface area contributed by atoms with Crippen LogP contribution in [-0.2, 0) is 4.79 Å². The van der Waals surface area contributed by atoms with Gasteiger partial charge in [-0.15, -0.1) is 0 Å². The van der Waals surface area contributed by atoms with Gasteiger partial charge in [0.25, 0.3) is 0 Å². The van der Waals surface area contributed by atoms with E-state index in [0.29, 0.717) is 41.1 Å². The first-order valence-electron chi connectivity index (χ1n) is 11.9. The number of benzene rings is 3. The van der Waals surface area contributed by atoms with Gasteiger partial charge in [-0.1, -0.05) is 47.5 Å². The molecule has 3 aromatic rings. The molecule has 37 heavy (non-hydrogen) atoms. The molecule has 196 valence electrons. The Kier molecular flexibility index (Phi) is 9.31. The average Bonchev–Trinajstić information content (AvgIpc) is 2.82. The van der Waals surface area contributed by atoms with Crippen LogP contribution in [0.15, 0.2) is 66.7 Å². The maximum absolute atomic E-state index is 14.1. The third-order valence-electron chi connectivity index (χ3n) is 6.11. The molecule has 3 N–H and O–H groups in total. The first kappa shape index (κ1) is 27.7. The Balaban J connectivity index is 1.52. The van der Waals surface area contributed by atoms with Gasteiger partial charge in [0.15, 0.2) is 0 Å². The van der Waals surface area contributed by atoms with Gasteiger partial charge in [-0.25, -0.2) is 8.78 Å². The fraction of sp³-hybridized carbons (Fsp3) is 0.296. The van der Waals surface area contributed by atoms with Gasteiger partial charge in [0.1, 0.15) is 11.6 Å². The molecule has 5 nitrogen and oxygen atoms in total. The minimum atomic E-state index is -0.637. The quantitative estimate of drug-likeness (QED) is 0.245. The predicted molar refractivity (Wildman–Crippen MR) is 148 cm³/mol. The number of nitrogens with zero attached hydrogens (tertiary/aromatic N) is 2. The van der Waals surface area contributed by atoms with Crippen LogP contribution in [0, 0.1) is 11.6 Å². The molecule has 3 aromatic carbocycles. The molecule has 0 radical (unpaired) electrons. The summed E-state index contributed by atoms with van der Waals surface area (Å²) < 4.78 is 30.1. The number of carbonyl (C=O) groups excluding carboxylic acids is 1. The van der Waals surface area contributed by atoms with Gasteiger partial charge in [-0.2, -0.15) is 0 Å². The van der Waals surface area contributed by atoms with Crippen molar-refractivity contribution in [3.8, 4) is 0 Å². The summed E-state index contributed by atoms with van der Waals surface area (Å²) in [5.41, 5.74) is 8.22. The third kappa shape index (κ3) is 7.15. The summed E-state index contributed by atoms with van der Waals surface area (Å²) in [6.45, 7) is 3.32. The van der Waals surface area contributed by atoms with E-state index in [1.807, 2.05) is 52.8 Å². The van der Waals surface area contributed by atoms with E-state index >= 15 is 0 Å². The van der Waals surface area contributed by atoms with Crippen LogP contribution in [0.5, 0.6) is 0 Å². The highest BCUT2D eigenvalue weighted by Crippen LogP contribution is 2.38. The van der Waals surface area contributed by atoms with Crippen molar-refractivity contribution >= 4 is 46.7 Å².